The molecule has 0 saturated carbocycles. The van der Waals surface area contributed by atoms with E-state index in [4.69, 9.17) is 19.5 Å². The highest BCUT2D eigenvalue weighted by molar-refractivity contribution is 7.52. The lowest BCUT2D eigenvalue weighted by Crippen LogP contribution is -2.42. The number of aliphatic hydroxyl groups excluding tert-OH is 1. The number of amides is 1. The molecule has 1 aliphatic rings. The average Bonchev–Trinajstić information content (AvgIpc) is 3.43. The number of carbonyl (C=O) groups is 1. The van der Waals surface area contributed by atoms with Crippen molar-refractivity contribution >= 4 is 30.2 Å². The number of nitrogens with zero attached hydrogens (tertiary/aromatic N) is 2. The third-order valence-corrected chi connectivity index (χ3v) is 10.3. The van der Waals surface area contributed by atoms with E-state index in [1.165, 1.54) is 0 Å². The van der Waals surface area contributed by atoms with Gasteiger partial charge in [0.05, 0.1) is 6.61 Å². The molecule has 1 aromatic heterocycles. The van der Waals surface area contributed by atoms with Gasteiger partial charge in [0.15, 0.2) is 6.10 Å². The Labute approximate surface area is 338 Å². The maximum Gasteiger partial charge on any atom is 0.458 e. The first-order chi connectivity index (χ1) is 28.0. The zero-order chi connectivity index (χ0) is 41.6. The summed E-state index contributed by atoms with van der Waals surface area (Å²) in [5.74, 6) is -4.17. The van der Waals surface area contributed by atoms with Crippen LogP contribution in [0.2, 0.25) is 0 Å². The number of anilines is 1. The molecular weight excluding hydrogens is 767 g/mol. The number of nitrogens with two attached hydrogens (primary N) is 1. The van der Waals surface area contributed by atoms with Gasteiger partial charge in [-0.25, -0.2) is 14.4 Å². The highest BCUT2D eigenvalue weighted by Crippen LogP contribution is 2.48. The summed E-state index contributed by atoms with van der Waals surface area (Å²) in [5, 5.41) is 17.3. The first-order valence-corrected chi connectivity index (χ1v) is 21.0. The Kier molecular flexibility index (Phi) is 19.0. The SMILES string of the molecule is CC/C=C/C/C=C/C/C=C/C/C=C/C/C=C/C/C=C/CCC(=O)NCCNP(=O)(OC[C@H]1O[C@@H](n2ccc(N)nc2=O)C(F)(F)[C@@H]1O)Oc1cccc2ccccc12. The highest BCUT2D eigenvalue weighted by atomic mass is 31.2. The lowest BCUT2D eigenvalue weighted by Gasteiger charge is -2.23. The third kappa shape index (κ3) is 14.8. The number of hydrogen-bond donors (Lipinski definition) is 4. The van der Waals surface area contributed by atoms with Gasteiger partial charge in [0, 0.05) is 31.1 Å². The smallest absolute Gasteiger partial charge is 0.413 e. The van der Waals surface area contributed by atoms with E-state index in [0.717, 1.165) is 56.2 Å². The number of hydrogen-bond acceptors (Lipinski definition) is 9. The van der Waals surface area contributed by atoms with Gasteiger partial charge in [-0.2, -0.15) is 13.8 Å². The lowest BCUT2D eigenvalue weighted by molar-refractivity contribution is -0.140. The molecule has 0 aliphatic carbocycles. The molecule has 0 radical (unpaired) electrons. The molecule has 1 saturated heterocycles. The number of nitrogens with one attached hydrogen (secondary N) is 2. The summed E-state index contributed by atoms with van der Waals surface area (Å²) in [6.07, 6.45) is 26.3. The first kappa shape index (κ1) is 45.7. The monoisotopic (exact) mass is 821 g/mol. The predicted molar refractivity (Wildman–Crippen MR) is 224 cm³/mol. The largest absolute Gasteiger partial charge is 0.458 e. The molecule has 12 nitrogen and oxygen atoms in total. The number of nitrogen functional groups attached to an aromatic ring is 1. The Morgan fingerprint density at radius 1 is 0.914 bits per heavy atom. The van der Waals surface area contributed by atoms with E-state index in [1.54, 1.807) is 24.3 Å². The number of fused-ring (bicyclic) bond motifs is 1. The average molecular weight is 822 g/mol. The number of halogens is 2. The fraction of sp³-hybridized carbons (Fsp3) is 0.372. The molecule has 4 rings (SSSR count). The van der Waals surface area contributed by atoms with E-state index < -0.39 is 44.4 Å². The number of alkyl halides is 2. The van der Waals surface area contributed by atoms with Gasteiger partial charge >= 0.3 is 19.4 Å². The quantitative estimate of drug-likeness (QED) is 0.0393. The highest BCUT2D eigenvalue weighted by Gasteiger charge is 2.60. The van der Waals surface area contributed by atoms with Gasteiger partial charge in [-0.3, -0.25) is 13.9 Å². The van der Waals surface area contributed by atoms with Crippen molar-refractivity contribution in [3.63, 3.8) is 0 Å². The molecule has 2 aromatic carbocycles. The van der Waals surface area contributed by atoms with Crippen molar-refractivity contribution in [3.05, 3.63) is 138 Å². The van der Waals surface area contributed by atoms with Crippen LogP contribution in [0.15, 0.2) is 132 Å². The maximum absolute atomic E-state index is 15.2. The number of carbonyl (C=O) groups excluding carboxylic acids is 1. The van der Waals surface area contributed by atoms with Crippen LogP contribution in [0.4, 0.5) is 14.6 Å². The van der Waals surface area contributed by atoms with Crippen molar-refractivity contribution in [2.24, 2.45) is 0 Å². The van der Waals surface area contributed by atoms with Crippen molar-refractivity contribution in [2.45, 2.75) is 82.6 Å². The van der Waals surface area contributed by atoms with Gasteiger partial charge in [-0.1, -0.05) is 116 Å². The Hall–Kier alpha value is -4.98. The number of allylic oxidation sites excluding steroid dienone is 12. The molecule has 58 heavy (non-hydrogen) atoms. The molecule has 5 N–H and O–H groups in total. The zero-order valence-electron chi connectivity index (χ0n) is 32.7. The van der Waals surface area contributed by atoms with Gasteiger partial charge in [0.1, 0.15) is 17.7 Å². The number of rotatable bonds is 24. The Morgan fingerprint density at radius 3 is 2.16 bits per heavy atom. The molecule has 4 atom stereocenters. The van der Waals surface area contributed by atoms with E-state index in [-0.39, 0.29) is 37.0 Å². The first-order valence-electron chi connectivity index (χ1n) is 19.4. The summed E-state index contributed by atoms with van der Waals surface area (Å²) in [6, 6.07) is 13.4. The van der Waals surface area contributed by atoms with Gasteiger partial charge in [0.25, 0.3) is 0 Å². The van der Waals surface area contributed by atoms with Gasteiger partial charge in [0.2, 0.25) is 12.1 Å². The lowest BCUT2D eigenvalue weighted by atomic mass is 10.1. The van der Waals surface area contributed by atoms with Crippen LogP contribution < -0.4 is 26.4 Å². The van der Waals surface area contributed by atoms with Crippen LogP contribution in [0.25, 0.3) is 10.8 Å². The van der Waals surface area contributed by atoms with Crippen LogP contribution in [-0.4, -0.2) is 58.4 Å². The molecule has 0 spiro atoms. The van der Waals surface area contributed by atoms with Crippen molar-refractivity contribution in [1.29, 1.82) is 0 Å². The van der Waals surface area contributed by atoms with E-state index in [2.05, 4.69) is 83.1 Å². The zero-order valence-corrected chi connectivity index (χ0v) is 33.6. The molecular formula is C43H54F2N5O7P. The number of aliphatic hydroxyl groups is 1. The summed E-state index contributed by atoms with van der Waals surface area (Å²) < 4.78 is 61.7. The molecule has 1 amide bonds. The molecule has 1 unspecified atom stereocenters. The van der Waals surface area contributed by atoms with Crippen LogP contribution in [0.1, 0.15) is 64.5 Å². The third-order valence-electron chi connectivity index (χ3n) is 8.75. The van der Waals surface area contributed by atoms with Crippen molar-refractivity contribution < 1.29 is 37.0 Å². The van der Waals surface area contributed by atoms with Gasteiger partial charge in [-0.15, -0.1) is 0 Å². The summed E-state index contributed by atoms with van der Waals surface area (Å²) in [5.41, 5.74) is 4.37. The molecule has 1 aliphatic heterocycles. The van der Waals surface area contributed by atoms with Gasteiger partial charge in [-0.05, 0) is 62.5 Å². The van der Waals surface area contributed by atoms with Crippen LogP contribution in [-0.2, 0) is 18.6 Å². The summed E-state index contributed by atoms with van der Waals surface area (Å²) in [7, 11) is -4.36. The predicted octanol–water partition coefficient (Wildman–Crippen LogP) is 8.26. The summed E-state index contributed by atoms with van der Waals surface area (Å²) in [4.78, 5) is 28.2. The Morgan fingerprint density at radius 2 is 1.52 bits per heavy atom. The fourth-order valence-corrected chi connectivity index (χ4v) is 7.08. The van der Waals surface area contributed by atoms with Crippen molar-refractivity contribution in [3.8, 4) is 5.75 Å². The van der Waals surface area contributed by atoms with Crippen LogP contribution in [0, 0.1) is 0 Å². The normalized spacial score (nSPS) is 19.5. The van der Waals surface area contributed by atoms with E-state index in [1.807, 2.05) is 30.4 Å². The van der Waals surface area contributed by atoms with Crippen LogP contribution in [0.3, 0.4) is 0 Å². The fourth-order valence-electron chi connectivity index (χ4n) is 5.73. The number of benzene rings is 2. The second kappa shape index (κ2) is 24.1. The van der Waals surface area contributed by atoms with E-state index in [9.17, 15) is 19.3 Å². The second-order valence-corrected chi connectivity index (χ2v) is 15.0. The van der Waals surface area contributed by atoms with Crippen LogP contribution in [0.5, 0.6) is 5.75 Å². The summed E-state index contributed by atoms with van der Waals surface area (Å²) in [6.45, 7) is 1.29. The summed E-state index contributed by atoms with van der Waals surface area (Å²) >= 11 is 0. The Balaban J connectivity index is 1.21. The van der Waals surface area contributed by atoms with Crippen molar-refractivity contribution in [2.75, 3.05) is 25.4 Å². The molecule has 15 heteroatoms. The topological polar surface area (TPSA) is 167 Å². The molecule has 3 aromatic rings. The molecule has 0 bridgehead atoms. The number of ether oxygens (including phenoxy) is 1. The maximum atomic E-state index is 15.2. The molecule has 312 valence electrons. The van der Waals surface area contributed by atoms with Gasteiger partial charge < -0.3 is 25.4 Å². The standard InChI is InChI=1S/C43H54F2N5O7P/c1-2-3-4-5-6-7-8-9-10-11-12-13-14-15-16-17-18-19-20-28-39(51)47-30-31-48-58(54,57-36-27-23-25-34-24-21-22-26-35(34)36)55-33-37-40(52)43(44,45)41(56-37)50-32-29-38(46)49-42(50)53/h3-4,6-7,9-10,12-13,15-16,18-19,21-27,29,32,37,40-41,52H,2,5,8,11,14,17,20,28,30-31,33H2,1H3,(H,47,51)(H,48,54)(H2,46,49,53)/b4-3+,7-6+,10-9+,13-12+,16-15+,19-18+/t37-,40-,41-,58?/m1/s1. The minimum absolute atomic E-state index is 0.0462. The molecule has 1 fully saturated rings. The van der Waals surface area contributed by atoms with Crippen LogP contribution >= 0.6 is 7.75 Å². The van der Waals surface area contributed by atoms with Crippen molar-refractivity contribution in [1.82, 2.24) is 20.0 Å². The number of aromatic nitrogens is 2. The molecule has 2 heterocycles. The minimum Gasteiger partial charge on any atom is -0.413 e. The minimum atomic E-state index is -4.36. The van der Waals surface area contributed by atoms with E-state index >= 15 is 8.78 Å². The van der Waals surface area contributed by atoms with E-state index in [0.29, 0.717) is 16.4 Å². The second-order valence-electron chi connectivity index (χ2n) is 13.3. The Bertz CT molecular complexity index is 2040.